The molecule has 10 nitrogen and oxygen atoms in total. The summed E-state index contributed by atoms with van der Waals surface area (Å²) in [5, 5.41) is 21.2. The second-order valence-corrected chi connectivity index (χ2v) is 8.96. The van der Waals surface area contributed by atoms with Crippen molar-refractivity contribution in [1.82, 2.24) is 4.90 Å². The van der Waals surface area contributed by atoms with Gasteiger partial charge in [-0.1, -0.05) is 30.3 Å². The van der Waals surface area contributed by atoms with E-state index in [1.54, 1.807) is 30.3 Å². The Balaban J connectivity index is 1.67. The Kier molecular flexibility index (Phi) is 8.41. The zero-order chi connectivity index (χ0) is 28.9. The molecule has 2 amide bonds. The van der Waals surface area contributed by atoms with Crippen LogP contribution in [0.3, 0.4) is 0 Å². The van der Waals surface area contributed by atoms with Crippen LogP contribution in [0.5, 0.6) is 5.75 Å². The van der Waals surface area contributed by atoms with Crippen LogP contribution < -0.4 is 14.5 Å². The van der Waals surface area contributed by atoms with Crippen LogP contribution >= 0.6 is 0 Å². The average Bonchev–Trinajstić information content (AvgIpc) is 2.94. The van der Waals surface area contributed by atoms with Crippen molar-refractivity contribution in [1.29, 1.82) is 0 Å². The smallest absolute Gasteiger partial charge is 0.416 e. The number of carbonyl (C=O) groups is 2. The fraction of sp³-hybridized carbons (Fsp3) is 0.259. The Morgan fingerprint density at radius 2 is 1.62 bits per heavy atom. The second-order valence-electron chi connectivity index (χ2n) is 8.96. The molecular formula is C27H25F3N4O6. The summed E-state index contributed by atoms with van der Waals surface area (Å²) in [5.74, 6) is -0.260. The number of nitro benzene ring substituents is 1. The Morgan fingerprint density at radius 3 is 2.20 bits per heavy atom. The van der Waals surface area contributed by atoms with E-state index in [9.17, 15) is 38.0 Å². The van der Waals surface area contributed by atoms with Crippen molar-refractivity contribution in [3.63, 3.8) is 0 Å². The van der Waals surface area contributed by atoms with E-state index in [-0.39, 0.29) is 31.0 Å². The third-order valence-corrected chi connectivity index (χ3v) is 6.39. The van der Waals surface area contributed by atoms with E-state index in [0.29, 0.717) is 30.1 Å². The minimum atomic E-state index is -4.55. The molecule has 0 unspecified atom stereocenters. The van der Waals surface area contributed by atoms with Gasteiger partial charge in [0, 0.05) is 37.9 Å². The van der Waals surface area contributed by atoms with E-state index in [4.69, 9.17) is 4.74 Å². The number of para-hydroxylation sites is 1. The molecule has 13 heteroatoms. The molecule has 3 aromatic carbocycles. The van der Waals surface area contributed by atoms with Gasteiger partial charge in [0.2, 0.25) is 0 Å². The van der Waals surface area contributed by atoms with Crippen molar-refractivity contribution in [2.45, 2.75) is 12.7 Å². The largest absolute Gasteiger partial charge is 0.484 e. The van der Waals surface area contributed by atoms with Crippen molar-refractivity contribution in [2.75, 3.05) is 42.6 Å². The standard InChI is InChI=1S/C27H25F3N4O6/c28-27(29,30)20-8-6-19(7-9-20)17-33(25(35)18-40-22-4-2-1-3-5-22)24-16-21(10-11-23(24)34(38)39)31-12-14-32(15-13-31)26(36)37/h1-11,16H,12-15,17-18H2,(H,36,37). The molecule has 1 aliphatic heterocycles. The van der Waals surface area contributed by atoms with Crippen LogP contribution in [0.25, 0.3) is 0 Å². The zero-order valence-corrected chi connectivity index (χ0v) is 21.1. The second kappa shape index (κ2) is 11.9. The topological polar surface area (TPSA) is 116 Å². The number of carbonyl (C=O) groups excluding carboxylic acids is 1. The number of benzene rings is 3. The van der Waals surface area contributed by atoms with Crippen LogP contribution in [0.4, 0.5) is 35.0 Å². The van der Waals surface area contributed by atoms with Gasteiger partial charge in [0.25, 0.3) is 11.6 Å². The summed E-state index contributed by atoms with van der Waals surface area (Å²) < 4.78 is 44.8. The number of alkyl halides is 3. The van der Waals surface area contributed by atoms with Crippen LogP contribution in [-0.2, 0) is 17.5 Å². The number of nitro groups is 1. The lowest BCUT2D eigenvalue weighted by Gasteiger charge is -2.35. The number of carboxylic acid groups (broad SMARTS) is 1. The minimum absolute atomic E-state index is 0.0651. The monoisotopic (exact) mass is 558 g/mol. The normalized spacial score (nSPS) is 13.6. The van der Waals surface area contributed by atoms with E-state index in [0.717, 1.165) is 17.0 Å². The maximum atomic E-state index is 13.4. The highest BCUT2D eigenvalue weighted by Crippen LogP contribution is 2.35. The summed E-state index contributed by atoms with van der Waals surface area (Å²) in [7, 11) is 0. The average molecular weight is 559 g/mol. The molecule has 40 heavy (non-hydrogen) atoms. The number of rotatable bonds is 8. The minimum Gasteiger partial charge on any atom is -0.484 e. The maximum absolute atomic E-state index is 13.4. The van der Waals surface area contributed by atoms with E-state index in [2.05, 4.69) is 0 Å². The molecule has 0 atom stereocenters. The van der Waals surface area contributed by atoms with Crippen molar-refractivity contribution >= 4 is 29.1 Å². The molecule has 210 valence electrons. The SMILES string of the molecule is O=C(O)N1CCN(c2ccc([N+](=O)[O-])c(N(Cc3ccc(C(F)(F)F)cc3)C(=O)COc3ccccc3)c2)CC1. The number of ether oxygens (including phenoxy) is 1. The number of hydrogen-bond acceptors (Lipinski definition) is 6. The first kappa shape index (κ1) is 28.2. The van der Waals surface area contributed by atoms with Gasteiger partial charge in [-0.3, -0.25) is 19.8 Å². The van der Waals surface area contributed by atoms with Gasteiger partial charge in [-0.05, 0) is 42.0 Å². The molecule has 1 N–H and O–H groups in total. The zero-order valence-electron chi connectivity index (χ0n) is 21.1. The van der Waals surface area contributed by atoms with Crippen LogP contribution in [-0.4, -0.2) is 59.7 Å². The summed E-state index contributed by atoms with van der Waals surface area (Å²) >= 11 is 0. The molecule has 0 bridgehead atoms. The third kappa shape index (κ3) is 6.79. The molecule has 3 aromatic rings. The maximum Gasteiger partial charge on any atom is 0.416 e. The first-order chi connectivity index (χ1) is 19.0. The molecule has 1 fully saturated rings. The third-order valence-electron chi connectivity index (χ3n) is 6.39. The van der Waals surface area contributed by atoms with E-state index < -0.39 is 35.3 Å². The predicted octanol–water partition coefficient (Wildman–Crippen LogP) is 5.03. The lowest BCUT2D eigenvalue weighted by Crippen LogP contribution is -2.48. The number of halogens is 3. The number of hydrogen-bond donors (Lipinski definition) is 1. The lowest BCUT2D eigenvalue weighted by molar-refractivity contribution is -0.384. The van der Waals surface area contributed by atoms with Crippen LogP contribution in [0.15, 0.2) is 72.8 Å². The fourth-order valence-corrected chi connectivity index (χ4v) is 4.26. The van der Waals surface area contributed by atoms with Gasteiger partial charge >= 0.3 is 12.3 Å². The van der Waals surface area contributed by atoms with Crippen molar-refractivity contribution in [3.05, 3.63) is 94.0 Å². The highest BCUT2D eigenvalue weighted by molar-refractivity contribution is 5.97. The van der Waals surface area contributed by atoms with E-state index in [1.807, 2.05) is 4.90 Å². The van der Waals surface area contributed by atoms with Crippen LogP contribution in [0, 0.1) is 10.1 Å². The molecule has 0 spiro atoms. The highest BCUT2D eigenvalue weighted by Gasteiger charge is 2.31. The number of anilines is 2. The molecule has 1 saturated heterocycles. The van der Waals surface area contributed by atoms with E-state index in [1.165, 1.54) is 35.2 Å². The van der Waals surface area contributed by atoms with Crippen LogP contribution in [0.1, 0.15) is 11.1 Å². The number of nitrogens with zero attached hydrogens (tertiary/aromatic N) is 4. The van der Waals surface area contributed by atoms with Gasteiger partial charge in [0.15, 0.2) is 6.61 Å². The molecule has 1 heterocycles. The number of piperazine rings is 1. The Hall–Kier alpha value is -4.81. The first-order valence-electron chi connectivity index (χ1n) is 12.2. The van der Waals surface area contributed by atoms with Gasteiger partial charge in [0.05, 0.1) is 17.0 Å². The Morgan fingerprint density at radius 1 is 0.975 bits per heavy atom. The molecule has 0 saturated carbocycles. The van der Waals surface area contributed by atoms with Gasteiger partial charge in [0.1, 0.15) is 11.4 Å². The molecule has 1 aliphatic rings. The molecule has 0 aliphatic carbocycles. The summed E-state index contributed by atoms with van der Waals surface area (Å²) in [6.07, 6.45) is -5.59. The van der Waals surface area contributed by atoms with Crippen molar-refractivity contribution in [3.8, 4) is 5.75 Å². The van der Waals surface area contributed by atoms with Crippen LogP contribution in [0.2, 0.25) is 0 Å². The predicted molar refractivity (Wildman–Crippen MR) is 139 cm³/mol. The summed E-state index contributed by atoms with van der Waals surface area (Å²) in [6.45, 7) is 0.359. The highest BCUT2D eigenvalue weighted by atomic mass is 19.4. The van der Waals surface area contributed by atoms with Gasteiger partial charge < -0.3 is 19.6 Å². The first-order valence-corrected chi connectivity index (χ1v) is 12.2. The van der Waals surface area contributed by atoms with Gasteiger partial charge in [-0.25, -0.2) is 4.79 Å². The van der Waals surface area contributed by atoms with E-state index >= 15 is 0 Å². The molecular weight excluding hydrogens is 533 g/mol. The quantitative estimate of drug-likeness (QED) is 0.305. The molecule has 0 aromatic heterocycles. The molecule has 4 rings (SSSR count). The van der Waals surface area contributed by atoms with Gasteiger partial charge in [-0.2, -0.15) is 13.2 Å². The van der Waals surface area contributed by atoms with Gasteiger partial charge in [-0.15, -0.1) is 0 Å². The summed E-state index contributed by atoms with van der Waals surface area (Å²) in [5.41, 5.74) is -0.469. The fourth-order valence-electron chi connectivity index (χ4n) is 4.26. The summed E-state index contributed by atoms with van der Waals surface area (Å²) in [4.78, 5) is 40.2. The van der Waals surface area contributed by atoms with Crippen molar-refractivity contribution < 1.29 is 37.5 Å². The molecule has 0 radical (unpaired) electrons. The number of amides is 2. The Labute approximate surface area is 226 Å². The van der Waals surface area contributed by atoms with Crippen molar-refractivity contribution in [2.24, 2.45) is 0 Å². The lowest BCUT2D eigenvalue weighted by atomic mass is 10.1. The Bertz CT molecular complexity index is 1360. The summed E-state index contributed by atoms with van der Waals surface area (Å²) in [6, 6.07) is 16.8.